The van der Waals surface area contributed by atoms with Crippen molar-refractivity contribution in [2.45, 2.75) is 38.5 Å². The van der Waals surface area contributed by atoms with Crippen LogP contribution in [0.25, 0.3) is 0 Å². The number of amides is 2. The molecule has 1 heterocycles. The number of piperidine rings is 1. The van der Waals surface area contributed by atoms with Crippen LogP contribution >= 0.6 is 0 Å². The number of carbonyl (C=O) groups is 2. The van der Waals surface area contributed by atoms with Gasteiger partial charge in [0.25, 0.3) is 0 Å². The third-order valence-corrected chi connectivity index (χ3v) is 4.96. The Morgan fingerprint density at radius 2 is 1.95 bits per heavy atom. The highest BCUT2D eigenvalue weighted by Crippen LogP contribution is 2.44. The van der Waals surface area contributed by atoms with E-state index in [-0.39, 0.29) is 35.7 Å². The number of carbonyl (C=O) groups excluding carboxylic acids is 2. The van der Waals surface area contributed by atoms with Gasteiger partial charge in [-0.1, -0.05) is 0 Å². The normalized spacial score (nSPS) is 28.1. The topological polar surface area (TPSA) is 69.6 Å². The molecule has 1 unspecified atom stereocenters. The molecule has 2 aliphatic carbocycles. The molecule has 0 aromatic rings. The van der Waals surface area contributed by atoms with E-state index in [9.17, 15) is 14.7 Å². The fraction of sp³-hybridized carbons (Fsp3) is 0.867. The number of aliphatic hydroxyl groups excluding tert-OH is 1. The highest BCUT2D eigenvalue weighted by Gasteiger charge is 2.43. The van der Waals surface area contributed by atoms with Crippen molar-refractivity contribution < 1.29 is 14.7 Å². The van der Waals surface area contributed by atoms with Crippen LogP contribution in [0.5, 0.6) is 0 Å². The summed E-state index contributed by atoms with van der Waals surface area (Å²) in [6.07, 6.45) is 5.83. The van der Waals surface area contributed by atoms with Gasteiger partial charge in [-0.15, -0.1) is 0 Å². The van der Waals surface area contributed by atoms with Crippen LogP contribution in [0.2, 0.25) is 0 Å². The molecule has 2 N–H and O–H groups in total. The van der Waals surface area contributed by atoms with Crippen LogP contribution in [0.15, 0.2) is 0 Å². The highest BCUT2D eigenvalue weighted by molar-refractivity contribution is 5.83. The van der Waals surface area contributed by atoms with Crippen molar-refractivity contribution >= 4 is 11.8 Å². The van der Waals surface area contributed by atoms with Crippen molar-refractivity contribution in [2.24, 2.45) is 17.3 Å². The quantitative estimate of drug-likeness (QED) is 0.771. The van der Waals surface area contributed by atoms with Crippen LogP contribution in [-0.4, -0.2) is 48.1 Å². The molecule has 1 aliphatic heterocycles. The smallest absolute Gasteiger partial charge is 0.225 e. The Kier molecular flexibility index (Phi) is 3.71. The molecular weight excluding hydrogens is 256 g/mol. The molecule has 2 amide bonds. The van der Waals surface area contributed by atoms with E-state index in [2.05, 4.69) is 5.32 Å². The van der Waals surface area contributed by atoms with Crippen molar-refractivity contribution in [3.8, 4) is 0 Å². The molecule has 3 rings (SSSR count). The van der Waals surface area contributed by atoms with Gasteiger partial charge in [-0.25, -0.2) is 0 Å². The Bertz CT molecular complexity index is 402. The summed E-state index contributed by atoms with van der Waals surface area (Å²) >= 11 is 0. The molecule has 0 aromatic carbocycles. The van der Waals surface area contributed by atoms with Crippen LogP contribution in [-0.2, 0) is 9.59 Å². The molecule has 3 aliphatic rings. The lowest BCUT2D eigenvalue weighted by Crippen LogP contribution is -2.47. The molecule has 0 bridgehead atoms. The molecule has 5 nitrogen and oxygen atoms in total. The zero-order valence-electron chi connectivity index (χ0n) is 11.9. The van der Waals surface area contributed by atoms with Crippen molar-refractivity contribution in [1.82, 2.24) is 10.2 Å². The number of nitrogens with one attached hydrogen (secondary N) is 1. The van der Waals surface area contributed by atoms with Crippen LogP contribution in [0, 0.1) is 17.3 Å². The van der Waals surface area contributed by atoms with Gasteiger partial charge in [0.05, 0.1) is 12.5 Å². The minimum atomic E-state index is -0.0686. The maximum Gasteiger partial charge on any atom is 0.225 e. The second kappa shape index (κ2) is 5.35. The second-order valence-electron chi connectivity index (χ2n) is 6.77. The van der Waals surface area contributed by atoms with Crippen LogP contribution in [0.3, 0.4) is 0 Å². The summed E-state index contributed by atoms with van der Waals surface area (Å²) in [7, 11) is 0. The maximum atomic E-state index is 12.2. The molecule has 20 heavy (non-hydrogen) atoms. The van der Waals surface area contributed by atoms with Crippen LogP contribution in [0.4, 0.5) is 0 Å². The lowest BCUT2D eigenvalue weighted by atomic mass is 9.96. The summed E-state index contributed by atoms with van der Waals surface area (Å²) in [5.74, 6) is 0.469. The largest absolute Gasteiger partial charge is 0.396 e. The molecule has 1 atom stereocenters. The molecule has 0 radical (unpaired) electrons. The molecule has 3 fully saturated rings. The average Bonchev–Trinajstić information content (AvgIpc) is 3.38. The van der Waals surface area contributed by atoms with Gasteiger partial charge in [-0.2, -0.15) is 0 Å². The zero-order valence-corrected chi connectivity index (χ0v) is 11.9. The van der Waals surface area contributed by atoms with Gasteiger partial charge < -0.3 is 15.3 Å². The van der Waals surface area contributed by atoms with E-state index in [1.807, 2.05) is 4.90 Å². The first kappa shape index (κ1) is 13.9. The molecule has 0 spiro atoms. The molecule has 1 saturated heterocycles. The van der Waals surface area contributed by atoms with E-state index >= 15 is 0 Å². The van der Waals surface area contributed by atoms with Crippen LogP contribution in [0.1, 0.15) is 38.5 Å². The Morgan fingerprint density at radius 1 is 1.20 bits per heavy atom. The maximum absolute atomic E-state index is 12.2. The van der Waals surface area contributed by atoms with Gasteiger partial charge in [0.1, 0.15) is 0 Å². The minimum absolute atomic E-state index is 0.0478. The number of aliphatic hydroxyl groups is 1. The Morgan fingerprint density at radius 3 is 2.55 bits per heavy atom. The summed E-state index contributed by atoms with van der Waals surface area (Å²) < 4.78 is 0. The average molecular weight is 280 g/mol. The van der Waals surface area contributed by atoms with Crippen molar-refractivity contribution in [3.05, 3.63) is 0 Å². The van der Waals surface area contributed by atoms with E-state index in [1.54, 1.807) is 0 Å². The van der Waals surface area contributed by atoms with Crippen molar-refractivity contribution in [3.63, 3.8) is 0 Å². The van der Waals surface area contributed by atoms with Gasteiger partial charge in [0.15, 0.2) is 0 Å². The SMILES string of the molecule is O=C(NCC1(CO)CC1)C1CCCN(C(=O)C2CC2)C1. The monoisotopic (exact) mass is 280 g/mol. The zero-order chi connectivity index (χ0) is 14.2. The fourth-order valence-electron chi connectivity index (χ4n) is 2.97. The summed E-state index contributed by atoms with van der Waals surface area (Å²) in [5.41, 5.74) is -0.0478. The fourth-order valence-corrected chi connectivity index (χ4v) is 2.97. The first-order valence-electron chi connectivity index (χ1n) is 7.81. The molecule has 5 heteroatoms. The summed E-state index contributed by atoms with van der Waals surface area (Å²) in [5, 5.41) is 12.2. The summed E-state index contributed by atoms with van der Waals surface area (Å²) in [6.45, 7) is 2.12. The third kappa shape index (κ3) is 2.97. The van der Waals surface area contributed by atoms with Gasteiger partial charge in [-0.05, 0) is 38.5 Å². The van der Waals surface area contributed by atoms with Gasteiger partial charge in [0.2, 0.25) is 11.8 Å². The molecular formula is C15H24N2O3. The predicted octanol–water partition coefficient (Wildman–Crippen LogP) is 0.524. The lowest BCUT2D eigenvalue weighted by molar-refractivity contribution is -0.136. The Balaban J connectivity index is 1.48. The van der Waals surface area contributed by atoms with Gasteiger partial charge >= 0.3 is 0 Å². The third-order valence-electron chi connectivity index (χ3n) is 4.96. The molecule has 2 saturated carbocycles. The lowest BCUT2D eigenvalue weighted by Gasteiger charge is -2.32. The van der Waals surface area contributed by atoms with E-state index in [1.165, 1.54) is 0 Å². The van der Waals surface area contributed by atoms with Crippen LogP contribution < -0.4 is 5.32 Å². The van der Waals surface area contributed by atoms with E-state index < -0.39 is 0 Å². The highest BCUT2D eigenvalue weighted by atomic mass is 16.3. The number of likely N-dealkylation sites (tertiary alicyclic amines) is 1. The first-order chi connectivity index (χ1) is 9.63. The van der Waals surface area contributed by atoms with Gasteiger partial charge in [0, 0.05) is 31.0 Å². The summed E-state index contributed by atoms with van der Waals surface area (Å²) in [4.78, 5) is 26.2. The number of hydrogen-bond donors (Lipinski definition) is 2. The second-order valence-corrected chi connectivity index (χ2v) is 6.77. The van der Waals surface area contributed by atoms with Crippen molar-refractivity contribution in [1.29, 1.82) is 0 Å². The Labute approximate surface area is 119 Å². The number of rotatable bonds is 5. The number of nitrogens with zero attached hydrogens (tertiary/aromatic N) is 1. The predicted molar refractivity (Wildman–Crippen MR) is 73.8 cm³/mol. The first-order valence-corrected chi connectivity index (χ1v) is 7.81. The Hall–Kier alpha value is -1.10. The minimum Gasteiger partial charge on any atom is -0.396 e. The summed E-state index contributed by atoms with van der Waals surface area (Å²) in [6, 6.07) is 0. The van der Waals surface area contributed by atoms with E-state index in [0.29, 0.717) is 13.1 Å². The molecule has 112 valence electrons. The van der Waals surface area contributed by atoms with E-state index in [4.69, 9.17) is 0 Å². The van der Waals surface area contributed by atoms with E-state index in [0.717, 1.165) is 45.1 Å². The number of hydrogen-bond acceptors (Lipinski definition) is 3. The van der Waals surface area contributed by atoms with Crippen molar-refractivity contribution in [2.75, 3.05) is 26.2 Å². The standard InChI is InChI=1S/C15H24N2O3/c18-10-15(5-6-15)9-16-13(19)12-2-1-7-17(8-12)14(20)11-3-4-11/h11-12,18H,1-10H2,(H,16,19). The van der Waals surface area contributed by atoms with Gasteiger partial charge in [-0.3, -0.25) is 9.59 Å². The molecule has 0 aromatic heterocycles.